The first-order chi connectivity index (χ1) is 9.55. The highest BCUT2D eigenvalue weighted by molar-refractivity contribution is 5.28. The van der Waals surface area contributed by atoms with E-state index < -0.39 is 0 Å². The Hall–Kier alpha value is -0.930. The fourth-order valence-corrected chi connectivity index (χ4v) is 2.95. The van der Waals surface area contributed by atoms with Crippen molar-refractivity contribution in [2.45, 2.75) is 33.1 Å². The van der Waals surface area contributed by atoms with Gasteiger partial charge in [-0.15, -0.1) is 0 Å². The molecule has 20 heavy (non-hydrogen) atoms. The summed E-state index contributed by atoms with van der Waals surface area (Å²) in [5, 5.41) is 3.48. The van der Waals surface area contributed by atoms with Gasteiger partial charge in [-0.25, -0.2) is 4.39 Å². The molecule has 3 heteroatoms. The van der Waals surface area contributed by atoms with Gasteiger partial charge >= 0.3 is 0 Å². The summed E-state index contributed by atoms with van der Waals surface area (Å²) in [6.07, 6.45) is 3.55. The Kier molecular flexibility index (Phi) is 5.17. The summed E-state index contributed by atoms with van der Waals surface area (Å²) < 4.78 is 18.5. The summed E-state index contributed by atoms with van der Waals surface area (Å²) in [7, 11) is 1.72. The van der Waals surface area contributed by atoms with Crippen LogP contribution in [-0.4, -0.2) is 26.8 Å². The molecule has 0 amide bonds. The van der Waals surface area contributed by atoms with E-state index in [4.69, 9.17) is 4.74 Å². The predicted molar refractivity (Wildman–Crippen MR) is 80.4 cm³/mol. The van der Waals surface area contributed by atoms with Crippen LogP contribution in [-0.2, 0) is 11.2 Å². The fraction of sp³-hybridized carbons (Fsp3) is 0.647. The van der Waals surface area contributed by atoms with Crippen LogP contribution in [0.3, 0.4) is 0 Å². The Labute approximate surface area is 121 Å². The zero-order valence-electron chi connectivity index (χ0n) is 12.8. The molecule has 0 heterocycles. The molecule has 0 saturated heterocycles. The van der Waals surface area contributed by atoms with Crippen LogP contribution < -0.4 is 5.32 Å². The van der Waals surface area contributed by atoms with Crippen molar-refractivity contribution < 1.29 is 9.13 Å². The molecule has 0 spiro atoms. The number of halogens is 1. The monoisotopic (exact) mass is 279 g/mol. The topological polar surface area (TPSA) is 21.3 Å². The Morgan fingerprint density at radius 2 is 2.15 bits per heavy atom. The fourth-order valence-electron chi connectivity index (χ4n) is 2.95. The van der Waals surface area contributed by atoms with Crippen molar-refractivity contribution in [1.82, 2.24) is 5.32 Å². The first kappa shape index (κ1) is 15.5. The lowest BCUT2D eigenvalue weighted by molar-refractivity contribution is 0.187. The van der Waals surface area contributed by atoms with E-state index in [0.717, 1.165) is 37.6 Å². The van der Waals surface area contributed by atoms with Crippen LogP contribution in [0.5, 0.6) is 0 Å². The number of aryl methyl sites for hydroxylation is 1. The van der Waals surface area contributed by atoms with Crippen LogP contribution in [0.15, 0.2) is 18.2 Å². The molecule has 1 aliphatic carbocycles. The molecule has 1 aliphatic rings. The first-order valence-corrected chi connectivity index (χ1v) is 7.50. The molecule has 2 rings (SSSR count). The SMILES string of the molecule is COCCNCC(C)(Cc1cc(F)ccc1C)C1CC1. The van der Waals surface area contributed by atoms with Crippen molar-refractivity contribution in [1.29, 1.82) is 0 Å². The van der Waals surface area contributed by atoms with E-state index in [1.165, 1.54) is 18.4 Å². The zero-order valence-corrected chi connectivity index (χ0v) is 12.8. The van der Waals surface area contributed by atoms with Crippen LogP contribution in [0.4, 0.5) is 4.39 Å². The lowest BCUT2D eigenvalue weighted by Gasteiger charge is -2.31. The van der Waals surface area contributed by atoms with Gasteiger partial charge in [-0.2, -0.15) is 0 Å². The number of nitrogens with one attached hydrogen (secondary N) is 1. The number of ether oxygens (including phenoxy) is 1. The van der Waals surface area contributed by atoms with E-state index in [0.29, 0.717) is 0 Å². The normalized spacial score (nSPS) is 18.0. The Morgan fingerprint density at radius 1 is 1.40 bits per heavy atom. The largest absolute Gasteiger partial charge is 0.383 e. The van der Waals surface area contributed by atoms with Gasteiger partial charge < -0.3 is 10.1 Å². The summed E-state index contributed by atoms with van der Waals surface area (Å²) in [4.78, 5) is 0. The van der Waals surface area contributed by atoms with Crippen molar-refractivity contribution in [2.24, 2.45) is 11.3 Å². The second kappa shape index (κ2) is 6.68. The van der Waals surface area contributed by atoms with Crippen LogP contribution in [0, 0.1) is 24.1 Å². The van der Waals surface area contributed by atoms with Gasteiger partial charge in [-0.3, -0.25) is 0 Å². The lowest BCUT2D eigenvalue weighted by atomic mass is 9.78. The molecule has 0 radical (unpaired) electrons. The number of hydrogen-bond acceptors (Lipinski definition) is 2. The third-order valence-electron chi connectivity index (χ3n) is 4.48. The predicted octanol–water partition coefficient (Wildman–Crippen LogP) is 3.33. The van der Waals surface area contributed by atoms with E-state index in [2.05, 4.69) is 19.2 Å². The molecule has 1 atom stereocenters. The summed E-state index contributed by atoms with van der Waals surface area (Å²) >= 11 is 0. The Balaban J connectivity index is 2.02. The van der Waals surface area contributed by atoms with Crippen LogP contribution in [0.25, 0.3) is 0 Å². The highest BCUT2D eigenvalue weighted by Crippen LogP contribution is 2.47. The molecule has 1 fully saturated rings. The van der Waals surface area contributed by atoms with Gasteiger partial charge in [0.1, 0.15) is 5.82 Å². The number of benzene rings is 1. The van der Waals surface area contributed by atoms with Gasteiger partial charge in [0.05, 0.1) is 6.61 Å². The molecular weight excluding hydrogens is 253 g/mol. The quantitative estimate of drug-likeness (QED) is 0.737. The average Bonchev–Trinajstić information content (AvgIpc) is 3.24. The van der Waals surface area contributed by atoms with E-state index in [1.54, 1.807) is 19.2 Å². The summed E-state index contributed by atoms with van der Waals surface area (Å²) in [6, 6.07) is 5.13. The highest BCUT2D eigenvalue weighted by atomic mass is 19.1. The van der Waals surface area contributed by atoms with E-state index in [-0.39, 0.29) is 11.2 Å². The van der Waals surface area contributed by atoms with Crippen LogP contribution in [0.2, 0.25) is 0 Å². The second-order valence-corrected chi connectivity index (χ2v) is 6.35. The summed E-state index contributed by atoms with van der Waals surface area (Å²) in [5.74, 6) is 0.635. The second-order valence-electron chi connectivity index (χ2n) is 6.35. The van der Waals surface area contributed by atoms with E-state index in [1.807, 2.05) is 6.07 Å². The van der Waals surface area contributed by atoms with Crippen molar-refractivity contribution in [3.63, 3.8) is 0 Å². The van der Waals surface area contributed by atoms with Gasteiger partial charge in [0.2, 0.25) is 0 Å². The Bertz CT molecular complexity index is 445. The third kappa shape index (κ3) is 4.03. The zero-order chi connectivity index (χ0) is 14.6. The molecule has 0 bridgehead atoms. The molecule has 1 aromatic carbocycles. The molecule has 0 aliphatic heterocycles. The van der Waals surface area contributed by atoms with Crippen LogP contribution >= 0.6 is 0 Å². The number of methoxy groups -OCH3 is 1. The minimum atomic E-state index is -0.129. The maximum atomic E-state index is 13.5. The molecule has 1 unspecified atom stereocenters. The third-order valence-corrected chi connectivity index (χ3v) is 4.48. The maximum absolute atomic E-state index is 13.5. The maximum Gasteiger partial charge on any atom is 0.123 e. The summed E-state index contributed by atoms with van der Waals surface area (Å²) in [5.41, 5.74) is 2.55. The number of hydrogen-bond donors (Lipinski definition) is 1. The van der Waals surface area contributed by atoms with Gasteiger partial charge in [0, 0.05) is 20.2 Å². The average molecular weight is 279 g/mol. The minimum absolute atomic E-state index is 0.129. The van der Waals surface area contributed by atoms with Crippen molar-refractivity contribution >= 4 is 0 Å². The molecule has 2 nitrogen and oxygen atoms in total. The molecule has 0 aromatic heterocycles. The standard InChI is InChI=1S/C17H26FNO/c1-13-4-7-16(18)10-14(13)11-17(2,15-5-6-15)12-19-8-9-20-3/h4,7,10,15,19H,5-6,8-9,11-12H2,1-3H3. The van der Waals surface area contributed by atoms with Gasteiger partial charge in [0.25, 0.3) is 0 Å². The highest BCUT2D eigenvalue weighted by Gasteiger charge is 2.41. The van der Waals surface area contributed by atoms with Crippen molar-refractivity contribution in [2.75, 3.05) is 26.8 Å². The Morgan fingerprint density at radius 3 is 2.80 bits per heavy atom. The van der Waals surface area contributed by atoms with Crippen LogP contribution in [0.1, 0.15) is 30.9 Å². The van der Waals surface area contributed by atoms with Crippen molar-refractivity contribution in [3.05, 3.63) is 35.1 Å². The van der Waals surface area contributed by atoms with E-state index in [9.17, 15) is 4.39 Å². The molecule has 1 aromatic rings. The van der Waals surface area contributed by atoms with Gasteiger partial charge in [-0.1, -0.05) is 13.0 Å². The molecule has 1 N–H and O–H groups in total. The summed E-state index contributed by atoms with van der Waals surface area (Å²) in [6.45, 7) is 6.98. The van der Waals surface area contributed by atoms with E-state index >= 15 is 0 Å². The number of rotatable bonds is 8. The molecular formula is C17H26FNO. The first-order valence-electron chi connectivity index (χ1n) is 7.50. The lowest BCUT2D eigenvalue weighted by Crippen LogP contribution is -2.37. The van der Waals surface area contributed by atoms with Gasteiger partial charge in [-0.05, 0) is 60.8 Å². The smallest absolute Gasteiger partial charge is 0.123 e. The minimum Gasteiger partial charge on any atom is -0.383 e. The van der Waals surface area contributed by atoms with Crippen molar-refractivity contribution in [3.8, 4) is 0 Å². The van der Waals surface area contributed by atoms with Gasteiger partial charge in [0.15, 0.2) is 0 Å². The molecule has 1 saturated carbocycles. The molecule has 112 valence electrons.